The lowest BCUT2D eigenvalue weighted by molar-refractivity contribution is 0.0608. The fourth-order valence-corrected chi connectivity index (χ4v) is 2.78. The van der Waals surface area contributed by atoms with Crippen molar-refractivity contribution >= 4 is 35.1 Å². The Hall–Kier alpha value is -3.68. The predicted octanol–water partition coefficient (Wildman–Crippen LogP) is 2.24. The zero-order valence-electron chi connectivity index (χ0n) is 14.8. The molecule has 0 fully saturated rings. The van der Waals surface area contributed by atoms with E-state index >= 15 is 0 Å². The molecule has 3 rings (SSSR count). The number of nitrogens with one attached hydrogen (secondary N) is 2. The molecule has 1 aliphatic heterocycles. The average molecular weight is 366 g/mol. The van der Waals surface area contributed by atoms with E-state index in [9.17, 15) is 19.2 Å². The molecule has 0 bridgehead atoms. The summed E-state index contributed by atoms with van der Waals surface area (Å²) in [5.74, 6) is -1.36. The molecule has 5 amide bonds. The van der Waals surface area contributed by atoms with Crippen molar-refractivity contribution in [3.63, 3.8) is 0 Å². The maximum atomic E-state index is 12.4. The zero-order chi connectivity index (χ0) is 19.7. The first-order valence-corrected chi connectivity index (χ1v) is 8.27. The number of amides is 5. The van der Waals surface area contributed by atoms with Crippen LogP contribution in [0, 0.1) is 0 Å². The monoisotopic (exact) mass is 366 g/mol. The second-order valence-electron chi connectivity index (χ2n) is 6.36. The van der Waals surface area contributed by atoms with Crippen LogP contribution < -0.4 is 16.4 Å². The topological polar surface area (TPSA) is 122 Å². The van der Waals surface area contributed by atoms with E-state index in [0.717, 1.165) is 0 Å². The number of hydrogen-bond acceptors (Lipinski definition) is 5. The summed E-state index contributed by atoms with van der Waals surface area (Å²) in [6, 6.07) is 9.48. The van der Waals surface area contributed by atoms with Crippen LogP contribution in [0.15, 0.2) is 42.5 Å². The van der Waals surface area contributed by atoms with E-state index in [0.29, 0.717) is 11.4 Å². The molecular formula is C19H18N4O4. The number of nitrogens with two attached hydrogens (primary N) is 1. The third-order valence-corrected chi connectivity index (χ3v) is 4.09. The molecule has 27 heavy (non-hydrogen) atoms. The molecule has 0 unspecified atom stereocenters. The Bertz CT molecular complexity index is 951. The second kappa shape index (κ2) is 6.91. The number of carbonyl (C=O) groups excluding carboxylic acids is 4. The lowest BCUT2D eigenvalue weighted by atomic mass is 10.1. The molecule has 0 aromatic heterocycles. The van der Waals surface area contributed by atoms with Gasteiger partial charge >= 0.3 is 6.03 Å². The standard InChI is InChI=1S/C19H18N4O4/c1-10(2)23-17(25)14-8-7-13(9-15(14)18(23)26)21-19(27)22-16(24)11-3-5-12(20)6-4-11/h3-10H,20H2,1-2H3,(H2,21,22,24,27). The first-order chi connectivity index (χ1) is 12.8. The van der Waals surface area contributed by atoms with Crippen LogP contribution in [0.2, 0.25) is 0 Å². The van der Waals surface area contributed by atoms with Gasteiger partial charge in [0.2, 0.25) is 0 Å². The molecule has 8 heteroatoms. The molecular weight excluding hydrogens is 348 g/mol. The van der Waals surface area contributed by atoms with Gasteiger partial charge in [0.1, 0.15) is 0 Å². The van der Waals surface area contributed by atoms with Gasteiger partial charge in [0, 0.05) is 23.0 Å². The van der Waals surface area contributed by atoms with E-state index in [-0.39, 0.29) is 28.6 Å². The number of benzene rings is 2. The molecule has 2 aromatic carbocycles. The Kier molecular flexibility index (Phi) is 4.64. The van der Waals surface area contributed by atoms with Crippen molar-refractivity contribution in [2.45, 2.75) is 19.9 Å². The molecule has 8 nitrogen and oxygen atoms in total. The highest BCUT2D eigenvalue weighted by Gasteiger charge is 2.37. The van der Waals surface area contributed by atoms with Gasteiger partial charge in [-0.3, -0.25) is 24.6 Å². The summed E-state index contributed by atoms with van der Waals surface area (Å²) in [4.78, 5) is 49.9. The van der Waals surface area contributed by atoms with Crippen LogP contribution >= 0.6 is 0 Å². The van der Waals surface area contributed by atoms with Gasteiger partial charge in [-0.15, -0.1) is 0 Å². The lowest BCUT2D eigenvalue weighted by Crippen LogP contribution is -2.35. The highest BCUT2D eigenvalue weighted by atomic mass is 16.2. The zero-order valence-corrected chi connectivity index (χ0v) is 14.8. The number of nitrogens with zero attached hydrogens (tertiary/aromatic N) is 1. The van der Waals surface area contributed by atoms with Gasteiger partial charge in [-0.25, -0.2) is 4.79 Å². The quantitative estimate of drug-likeness (QED) is 0.568. The summed E-state index contributed by atoms with van der Waals surface area (Å²) in [6.07, 6.45) is 0. The van der Waals surface area contributed by atoms with Crippen LogP contribution in [-0.4, -0.2) is 34.7 Å². The number of anilines is 2. The van der Waals surface area contributed by atoms with Crippen LogP contribution in [0.25, 0.3) is 0 Å². The van der Waals surface area contributed by atoms with Crippen LogP contribution in [0.4, 0.5) is 16.2 Å². The third kappa shape index (κ3) is 3.50. The highest BCUT2D eigenvalue weighted by Crippen LogP contribution is 2.27. The van der Waals surface area contributed by atoms with Gasteiger partial charge in [-0.2, -0.15) is 0 Å². The predicted molar refractivity (Wildman–Crippen MR) is 99.4 cm³/mol. The minimum absolute atomic E-state index is 0.219. The Morgan fingerprint density at radius 3 is 2.22 bits per heavy atom. The average Bonchev–Trinajstić information content (AvgIpc) is 2.86. The number of urea groups is 1. The van der Waals surface area contributed by atoms with Crippen LogP contribution in [-0.2, 0) is 0 Å². The van der Waals surface area contributed by atoms with Gasteiger partial charge in [-0.05, 0) is 56.3 Å². The number of carbonyl (C=O) groups is 4. The highest BCUT2D eigenvalue weighted by molar-refractivity contribution is 6.22. The Balaban J connectivity index is 1.71. The summed E-state index contributed by atoms with van der Waals surface area (Å²) in [5, 5.41) is 4.67. The fourth-order valence-electron chi connectivity index (χ4n) is 2.78. The largest absolute Gasteiger partial charge is 0.399 e. The van der Waals surface area contributed by atoms with Crippen molar-refractivity contribution in [2.75, 3.05) is 11.1 Å². The number of fused-ring (bicyclic) bond motifs is 1. The van der Waals surface area contributed by atoms with E-state index in [1.807, 2.05) is 0 Å². The van der Waals surface area contributed by atoms with Crippen LogP contribution in [0.3, 0.4) is 0 Å². The summed E-state index contributed by atoms with van der Waals surface area (Å²) in [7, 11) is 0. The van der Waals surface area contributed by atoms with E-state index in [4.69, 9.17) is 5.73 Å². The van der Waals surface area contributed by atoms with E-state index in [1.54, 1.807) is 26.0 Å². The molecule has 0 aliphatic carbocycles. The van der Waals surface area contributed by atoms with Crippen LogP contribution in [0.5, 0.6) is 0 Å². The van der Waals surface area contributed by atoms with Gasteiger partial charge in [0.25, 0.3) is 17.7 Å². The summed E-state index contributed by atoms with van der Waals surface area (Å²) in [5.41, 5.74) is 7.14. The second-order valence-corrected chi connectivity index (χ2v) is 6.36. The number of nitrogen functional groups attached to an aromatic ring is 1. The number of hydrogen-bond donors (Lipinski definition) is 3. The molecule has 0 spiro atoms. The maximum absolute atomic E-state index is 12.4. The van der Waals surface area contributed by atoms with Gasteiger partial charge in [-0.1, -0.05) is 0 Å². The summed E-state index contributed by atoms with van der Waals surface area (Å²) >= 11 is 0. The van der Waals surface area contributed by atoms with Crippen molar-refractivity contribution in [1.82, 2.24) is 10.2 Å². The minimum Gasteiger partial charge on any atom is -0.399 e. The molecule has 0 saturated carbocycles. The molecule has 138 valence electrons. The van der Waals surface area contributed by atoms with E-state index < -0.39 is 17.8 Å². The number of imide groups is 2. The Labute approximate surface area is 155 Å². The first-order valence-electron chi connectivity index (χ1n) is 8.27. The Morgan fingerprint density at radius 2 is 1.59 bits per heavy atom. The SMILES string of the molecule is CC(C)N1C(=O)c2ccc(NC(=O)NC(=O)c3ccc(N)cc3)cc2C1=O. The number of rotatable bonds is 3. The molecule has 0 atom stereocenters. The van der Waals surface area contributed by atoms with Crippen LogP contribution in [0.1, 0.15) is 44.9 Å². The molecule has 2 aromatic rings. The molecule has 4 N–H and O–H groups in total. The lowest BCUT2D eigenvalue weighted by Gasteiger charge is -2.17. The minimum atomic E-state index is -0.755. The molecule has 0 saturated heterocycles. The summed E-state index contributed by atoms with van der Waals surface area (Å²) in [6.45, 7) is 3.49. The maximum Gasteiger partial charge on any atom is 0.326 e. The summed E-state index contributed by atoms with van der Waals surface area (Å²) < 4.78 is 0. The third-order valence-electron chi connectivity index (χ3n) is 4.09. The van der Waals surface area contributed by atoms with Crippen molar-refractivity contribution < 1.29 is 19.2 Å². The van der Waals surface area contributed by atoms with Crippen molar-refractivity contribution in [3.05, 3.63) is 59.2 Å². The fraction of sp³-hybridized carbons (Fsp3) is 0.158. The van der Waals surface area contributed by atoms with E-state index in [1.165, 1.54) is 35.2 Å². The van der Waals surface area contributed by atoms with Crippen molar-refractivity contribution in [2.24, 2.45) is 0 Å². The molecule has 1 aliphatic rings. The van der Waals surface area contributed by atoms with Gasteiger partial charge in [0.15, 0.2) is 0 Å². The molecule has 1 heterocycles. The van der Waals surface area contributed by atoms with Crippen molar-refractivity contribution in [3.8, 4) is 0 Å². The van der Waals surface area contributed by atoms with Gasteiger partial charge < -0.3 is 11.1 Å². The first kappa shape index (κ1) is 18.1. The van der Waals surface area contributed by atoms with Crippen molar-refractivity contribution in [1.29, 1.82) is 0 Å². The molecule has 0 radical (unpaired) electrons. The van der Waals surface area contributed by atoms with E-state index in [2.05, 4.69) is 10.6 Å². The Morgan fingerprint density at radius 1 is 0.963 bits per heavy atom. The normalized spacial score (nSPS) is 12.9. The van der Waals surface area contributed by atoms with Gasteiger partial charge in [0.05, 0.1) is 11.1 Å². The smallest absolute Gasteiger partial charge is 0.326 e.